The van der Waals surface area contributed by atoms with Gasteiger partial charge in [0.05, 0.1) is 24.6 Å². The van der Waals surface area contributed by atoms with Gasteiger partial charge in [0.25, 0.3) is 0 Å². The van der Waals surface area contributed by atoms with Gasteiger partial charge >= 0.3 is 0 Å². The Morgan fingerprint density at radius 1 is 1.23 bits per heavy atom. The molecule has 1 amide bonds. The molecule has 0 saturated carbocycles. The minimum atomic E-state index is -0.119. The first-order valence-corrected chi connectivity index (χ1v) is 8.20. The van der Waals surface area contributed by atoms with E-state index in [1.165, 1.54) is 0 Å². The van der Waals surface area contributed by atoms with Gasteiger partial charge in [0.1, 0.15) is 0 Å². The third-order valence-electron chi connectivity index (χ3n) is 3.48. The van der Waals surface area contributed by atoms with Crippen molar-refractivity contribution in [2.75, 3.05) is 36.5 Å². The van der Waals surface area contributed by atoms with Gasteiger partial charge in [0.2, 0.25) is 5.91 Å². The highest BCUT2D eigenvalue weighted by Gasteiger charge is 2.14. The minimum absolute atomic E-state index is 0.119. The predicted molar refractivity (Wildman–Crippen MR) is 91.5 cm³/mol. The summed E-state index contributed by atoms with van der Waals surface area (Å²) in [5, 5.41) is 6.96. The predicted octanol–water partition coefficient (Wildman–Crippen LogP) is 3.24. The maximum absolute atomic E-state index is 12.1. The molecule has 0 unspecified atom stereocenters. The number of carbonyl (C=O) groups excluding carboxylic acids is 1. The van der Waals surface area contributed by atoms with Gasteiger partial charge < -0.3 is 15.0 Å². The number of nitrogens with zero attached hydrogens (tertiary/aromatic N) is 1. The zero-order chi connectivity index (χ0) is 15.2. The molecule has 4 nitrogen and oxygen atoms in total. The molecule has 114 valence electrons. The molecule has 1 aliphatic rings. The monoisotopic (exact) mass is 314 g/mol. The molecule has 1 aliphatic heterocycles. The molecule has 3 rings (SSSR count). The van der Waals surface area contributed by atoms with E-state index in [2.05, 4.69) is 10.2 Å². The van der Waals surface area contributed by atoms with Gasteiger partial charge in [0, 0.05) is 19.2 Å². The quantitative estimate of drug-likeness (QED) is 0.881. The summed E-state index contributed by atoms with van der Waals surface area (Å²) in [6.45, 7) is 3.13. The van der Waals surface area contributed by atoms with Gasteiger partial charge in [-0.15, -0.1) is 0 Å². The molecule has 0 aliphatic carbocycles. The van der Waals surface area contributed by atoms with Gasteiger partial charge in [-0.1, -0.05) is 12.1 Å². The molecule has 0 atom stereocenters. The Bertz CT molecular complexity index is 646. The summed E-state index contributed by atoms with van der Waals surface area (Å²) >= 11 is 1.62. The van der Waals surface area contributed by atoms with Gasteiger partial charge in [-0.25, -0.2) is 0 Å². The average molecular weight is 314 g/mol. The van der Waals surface area contributed by atoms with Crippen LogP contribution in [0, 0.1) is 0 Å². The van der Waals surface area contributed by atoms with Crippen molar-refractivity contribution >= 4 is 34.7 Å². The van der Waals surface area contributed by atoms with Gasteiger partial charge in [0.15, 0.2) is 0 Å². The molecule has 2 heterocycles. The normalized spacial score (nSPS) is 15.2. The Hall–Kier alpha value is -2.11. The Labute approximate surface area is 134 Å². The molecular weight excluding hydrogens is 296 g/mol. The highest BCUT2D eigenvalue weighted by molar-refractivity contribution is 7.08. The highest BCUT2D eigenvalue weighted by atomic mass is 32.1. The Morgan fingerprint density at radius 2 is 2.05 bits per heavy atom. The Kier molecular flexibility index (Phi) is 4.88. The molecule has 0 bridgehead atoms. The molecule has 0 radical (unpaired) electrons. The van der Waals surface area contributed by atoms with Crippen LogP contribution < -0.4 is 10.2 Å². The summed E-state index contributed by atoms with van der Waals surface area (Å²) in [4.78, 5) is 14.3. The number of hydrogen-bond acceptors (Lipinski definition) is 4. The first-order chi connectivity index (χ1) is 10.8. The third kappa shape index (κ3) is 3.75. The second kappa shape index (κ2) is 7.24. The zero-order valence-electron chi connectivity index (χ0n) is 12.2. The van der Waals surface area contributed by atoms with Crippen LogP contribution in [0.15, 0.2) is 47.2 Å². The van der Waals surface area contributed by atoms with Crippen LogP contribution in [0.4, 0.5) is 11.4 Å². The van der Waals surface area contributed by atoms with Crippen molar-refractivity contribution in [1.82, 2.24) is 0 Å². The maximum Gasteiger partial charge on any atom is 0.248 e. The standard InChI is InChI=1S/C17H18N2O2S/c20-17(6-5-14-7-12-22-13-14)18-15-3-1-2-4-16(15)19-8-10-21-11-9-19/h1-7,12-13H,8-11H2,(H,18,20)/b6-5+. The number of rotatable bonds is 4. The molecular formula is C17H18N2O2S. The molecule has 2 aromatic rings. The van der Waals surface area contributed by atoms with E-state index < -0.39 is 0 Å². The molecule has 1 aromatic carbocycles. The third-order valence-corrected chi connectivity index (χ3v) is 4.19. The van der Waals surface area contributed by atoms with Crippen molar-refractivity contribution < 1.29 is 9.53 Å². The zero-order valence-corrected chi connectivity index (χ0v) is 13.0. The number of hydrogen-bond donors (Lipinski definition) is 1. The lowest BCUT2D eigenvalue weighted by Gasteiger charge is -2.30. The number of morpholine rings is 1. The van der Waals surface area contributed by atoms with Crippen LogP contribution >= 0.6 is 11.3 Å². The summed E-state index contributed by atoms with van der Waals surface area (Å²) in [6, 6.07) is 9.87. The number of para-hydroxylation sites is 2. The first kappa shape index (κ1) is 14.8. The number of anilines is 2. The number of amides is 1. The van der Waals surface area contributed by atoms with Crippen LogP contribution in [-0.2, 0) is 9.53 Å². The van der Waals surface area contributed by atoms with E-state index in [1.807, 2.05) is 47.2 Å². The Balaban J connectivity index is 1.70. The fourth-order valence-corrected chi connectivity index (χ4v) is 3.00. The molecule has 1 fully saturated rings. The molecule has 1 aromatic heterocycles. The lowest BCUT2D eigenvalue weighted by Crippen LogP contribution is -2.36. The van der Waals surface area contributed by atoms with Crippen LogP contribution in [0.5, 0.6) is 0 Å². The highest BCUT2D eigenvalue weighted by Crippen LogP contribution is 2.26. The van der Waals surface area contributed by atoms with E-state index in [1.54, 1.807) is 17.4 Å². The van der Waals surface area contributed by atoms with Crippen LogP contribution in [0.1, 0.15) is 5.56 Å². The van der Waals surface area contributed by atoms with Gasteiger partial charge in [-0.3, -0.25) is 4.79 Å². The van der Waals surface area contributed by atoms with Crippen molar-refractivity contribution in [2.45, 2.75) is 0 Å². The van der Waals surface area contributed by atoms with E-state index >= 15 is 0 Å². The summed E-state index contributed by atoms with van der Waals surface area (Å²) in [5.74, 6) is -0.119. The minimum Gasteiger partial charge on any atom is -0.378 e. The number of benzene rings is 1. The van der Waals surface area contributed by atoms with Crippen LogP contribution in [0.25, 0.3) is 6.08 Å². The lowest BCUT2D eigenvalue weighted by atomic mass is 10.2. The fourth-order valence-electron chi connectivity index (χ4n) is 2.38. The van der Waals surface area contributed by atoms with Crippen LogP contribution in [-0.4, -0.2) is 32.2 Å². The second-order valence-electron chi connectivity index (χ2n) is 5.00. The largest absolute Gasteiger partial charge is 0.378 e. The summed E-state index contributed by atoms with van der Waals surface area (Å²) < 4.78 is 5.38. The summed E-state index contributed by atoms with van der Waals surface area (Å²) in [6.07, 6.45) is 3.39. The number of nitrogens with one attached hydrogen (secondary N) is 1. The SMILES string of the molecule is O=C(/C=C/c1ccsc1)Nc1ccccc1N1CCOCC1. The van der Waals surface area contributed by atoms with E-state index in [9.17, 15) is 4.79 Å². The van der Waals surface area contributed by atoms with Crippen molar-refractivity contribution in [2.24, 2.45) is 0 Å². The number of carbonyl (C=O) groups is 1. The second-order valence-corrected chi connectivity index (χ2v) is 5.78. The van der Waals surface area contributed by atoms with Crippen molar-refractivity contribution in [3.05, 3.63) is 52.7 Å². The Morgan fingerprint density at radius 3 is 2.82 bits per heavy atom. The average Bonchev–Trinajstić information content (AvgIpc) is 3.08. The summed E-state index contributed by atoms with van der Waals surface area (Å²) in [5.41, 5.74) is 2.93. The number of thiophene rings is 1. The van der Waals surface area contributed by atoms with Crippen LogP contribution in [0.3, 0.4) is 0 Å². The van der Waals surface area contributed by atoms with E-state index in [0.29, 0.717) is 0 Å². The topological polar surface area (TPSA) is 41.6 Å². The van der Waals surface area contributed by atoms with Crippen molar-refractivity contribution in [3.63, 3.8) is 0 Å². The molecule has 22 heavy (non-hydrogen) atoms. The van der Waals surface area contributed by atoms with Crippen molar-refractivity contribution in [3.8, 4) is 0 Å². The maximum atomic E-state index is 12.1. The van der Waals surface area contributed by atoms with E-state index in [4.69, 9.17) is 4.74 Å². The fraction of sp³-hybridized carbons (Fsp3) is 0.235. The molecule has 0 spiro atoms. The van der Waals surface area contributed by atoms with Crippen molar-refractivity contribution in [1.29, 1.82) is 0 Å². The molecule has 1 N–H and O–H groups in total. The first-order valence-electron chi connectivity index (χ1n) is 7.26. The molecule has 5 heteroatoms. The van der Waals surface area contributed by atoms with Gasteiger partial charge in [-0.2, -0.15) is 11.3 Å². The van der Waals surface area contributed by atoms with E-state index in [-0.39, 0.29) is 5.91 Å². The lowest BCUT2D eigenvalue weighted by molar-refractivity contribution is -0.111. The van der Waals surface area contributed by atoms with Crippen LogP contribution in [0.2, 0.25) is 0 Å². The molecule has 1 saturated heterocycles. The smallest absolute Gasteiger partial charge is 0.248 e. The summed E-state index contributed by atoms with van der Waals surface area (Å²) in [7, 11) is 0. The number of ether oxygens (including phenoxy) is 1. The van der Waals surface area contributed by atoms with Gasteiger partial charge in [-0.05, 0) is 40.6 Å². The van der Waals surface area contributed by atoms with E-state index in [0.717, 1.165) is 43.2 Å².